The van der Waals surface area contributed by atoms with Crippen molar-refractivity contribution in [2.45, 2.75) is 31.8 Å². The van der Waals surface area contributed by atoms with Crippen LogP contribution in [-0.4, -0.2) is 26.4 Å². The highest BCUT2D eigenvalue weighted by molar-refractivity contribution is 7.99. The molecule has 1 unspecified atom stereocenters. The first-order valence-electron chi connectivity index (χ1n) is 5.30. The molecule has 0 aliphatic carbocycles. The molecule has 0 radical (unpaired) electrons. The maximum Gasteiger partial charge on any atom is 0.158 e. The highest BCUT2D eigenvalue weighted by atomic mass is 32.2. The summed E-state index contributed by atoms with van der Waals surface area (Å²) in [6, 6.07) is 0.230. The van der Waals surface area contributed by atoms with Gasteiger partial charge in [-0.05, 0) is 31.3 Å². The van der Waals surface area contributed by atoms with Crippen molar-refractivity contribution in [3.8, 4) is 5.75 Å². The van der Waals surface area contributed by atoms with Crippen molar-refractivity contribution in [1.29, 1.82) is 0 Å². The van der Waals surface area contributed by atoms with Crippen molar-refractivity contribution in [1.82, 2.24) is 9.78 Å². The molecule has 1 atom stereocenters. The van der Waals surface area contributed by atoms with Crippen molar-refractivity contribution >= 4 is 11.8 Å². The van der Waals surface area contributed by atoms with Crippen molar-refractivity contribution < 1.29 is 5.11 Å². The van der Waals surface area contributed by atoms with E-state index in [0.29, 0.717) is 11.7 Å². The standard InChI is InChI=1S/C10H17N3OS/c1-7(11)10-9(14)6-13(12-10)8-2-4-15-5-3-8/h6-8,14H,2-5,11H2,1H3. The van der Waals surface area contributed by atoms with Crippen LogP contribution in [0.25, 0.3) is 0 Å². The molecule has 2 heterocycles. The van der Waals surface area contributed by atoms with E-state index in [2.05, 4.69) is 5.10 Å². The maximum absolute atomic E-state index is 9.66. The summed E-state index contributed by atoms with van der Waals surface area (Å²) in [6.07, 6.45) is 3.97. The predicted molar refractivity (Wildman–Crippen MR) is 62.1 cm³/mol. The van der Waals surface area contributed by atoms with Crippen molar-refractivity contribution in [2.24, 2.45) is 5.73 Å². The van der Waals surface area contributed by atoms with Gasteiger partial charge in [0.1, 0.15) is 5.69 Å². The number of aromatic hydroxyl groups is 1. The number of nitrogens with two attached hydrogens (primary N) is 1. The van der Waals surface area contributed by atoms with E-state index >= 15 is 0 Å². The third kappa shape index (κ3) is 2.29. The largest absolute Gasteiger partial charge is 0.504 e. The summed E-state index contributed by atoms with van der Waals surface area (Å²) in [4.78, 5) is 0. The minimum Gasteiger partial charge on any atom is -0.504 e. The SMILES string of the molecule is CC(N)c1nn(C2CCSCC2)cc1O. The van der Waals surface area contributed by atoms with Crippen LogP contribution in [0, 0.1) is 0 Å². The Morgan fingerprint density at radius 1 is 1.60 bits per heavy atom. The zero-order chi connectivity index (χ0) is 10.8. The van der Waals surface area contributed by atoms with Crippen LogP contribution in [0.5, 0.6) is 5.75 Å². The van der Waals surface area contributed by atoms with Gasteiger partial charge in [-0.2, -0.15) is 16.9 Å². The molecule has 5 heteroatoms. The lowest BCUT2D eigenvalue weighted by molar-refractivity contribution is 0.420. The molecule has 15 heavy (non-hydrogen) atoms. The molecule has 0 aromatic carbocycles. The minimum absolute atomic E-state index is 0.204. The van der Waals surface area contributed by atoms with Gasteiger partial charge in [-0.15, -0.1) is 0 Å². The molecule has 0 bridgehead atoms. The first kappa shape index (κ1) is 10.8. The van der Waals surface area contributed by atoms with Crippen LogP contribution in [0.2, 0.25) is 0 Å². The predicted octanol–water partition coefficient (Wildman–Crippen LogP) is 1.68. The fourth-order valence-corrected chi connectivity index (χ4v) is 2.94. The lowest BCUT2D eigenvalue weighted by Crippen LogP contribution is -2.16. The van der Waals surface area contributed by atoms with E-state index in [1.54, 1.807) is 6.20 Å². The number of hydrogen-bond acceptors (Lipinski definition) is 4. The topological polar surface area (TPSA) is 64.1 Å². The fourth-order valence-electron chi connectivity index (χ4n) is 1.86. The van der Waals surface area contributed by atoms with Crippen molar-refractivity contribution in [3.05, 3.63) is 11.9 Å². The molecule has 1 aliphatic rings. The monoisotopic (exact) mass is 227 g/mol. The maximum atomic E-state index is 9.66. The molecule has 1 fully saturated rings. The molecular formula is C10H17N3OS. The van der Waals surface area contributed by atoms with Gasteiger partial charge in [-0.25, -0.2) is 0 Å². The van der Waals surface area contributed by atoms with E-state index < -0.39 is 0 Å². The zero-order valence-electron chi connectivity index (χ0n) is 8.89. The molecular weight excluding hydrogens is 210 g/mol. The van der Waals surface area contributed by atoms with Gasteiger partial charge in [-0.1, -0.05) is 0 Å². The normalized spacial score (nSPS) is 20.4. The molecule has 1 aromatic heterocycles. The molecule has 4 nitrogen and oxygen atoms in total. The van der Waals surface area contributed by atoms with Crippen LogP contribution < -0.4 is 5.73 Å². The molecule has 0 saturated carbocycles. The second-order valence-corrected chi connectivity index (χ2v) is 5.24. The molecule has 1 aromatic rings. The highest BCUT2D eigenvalue weighted by Crippen LogP contribution is 2.29. The van der Waals surface area contributed by atoms with Gasteiger partial charge in [0.2, 0.25) is 0 Å². The second kappa shape index (κ2) is 4.45. The smallest absolute Gasteiger partial charge is 0.158 e. The minimum atomic E-state index is -0.204. The van der Waals surface area contributed by atoms with Crippen molar-refractivity contribution in [2.75, 3.05) is 11.5 Å². The average molecular weight is 227 g/mol. The zero-order valence-corrected chi connectivity index (χ0v) is 9.70. The number of thioether (sulfide) groups is 1. The van der Waals surface area contributed by atoms with Crippen molar-refractivity contribution in [3.63, 3.8) is 0 Å². The lowest BCUT2D eigenvalue weighted by Gasteiger charge is -2.21. The first-order chi connectivity index (χ1) is 7.18. The molecule has 1 saturated heterocycles. The Labute approximate surface area is 93.8 Å². The molecule has 84 valence electrons. The third-order valence-electron chi connectivity index (χ3n) is 2.74. The van der Waals surface area contributed by atoms with E-state index in [0.717, 1.165) is 12.8 Å². The van der Waals surface area contributed by atoms with Gasteiger partial charge in [0.05, 0.1) is 12.2 Å². The Hall–Kier alpha value is -0.680. The number of nitrogens with zero attached hydrogens (tertiary/aromatic N) is 2. The Morgan fingerprint density at radius 2 is 2.27 bits per heavy atom. The quantitative estimate of drug-likeness (QED) is 0.806. The summed E-state index contributed by atoms with van der Waals surface area (Å²) in [5, 5.41) is 14.0. The van der Waals surface area contributed by atoms with Crippen LogP contribution in [-0.2, 0) is 0 Å². The Bertz CT molecular complexity index is 331. The average Bonchev–Trinajstić information content (AvgIpc) is 2.62. The van der Waals surface area contributed by atoms with Gasteiger partial charge in [-0.3, -0.25) is 4.68 Å². The third-order valence-corrected chi connectivity index (χ3v) is 3.79. The lowest BCUT2D eigenvalue weighted by atomic mass is 10.2. The molecule has 3 N–H and O–H groups in total. The Balaban J connectivity index is 2.17. The molecule has 1 aliphatic heterocycles. The summed E-state index contributed by atoms with van der Waals surface area (Å²) in [7, 11) is 0. The van der Waals surface area contributed by atoms with Gasteiger partial charge in [0.25, 0.3) is 0 Å². The van der Waals surface area contributed by atoms with Crippen LogP contribution >= 0.6 is 11.8 Å². The van der Waals surface area contributed by atoms with Gasteiger partial charge >= 0.3 is 0 Å². The highest BCUT2D eigenvalue weighted by Gasteiger charge is 2.19. The second-order valence-electron chi connectivity index (χ2n) is 4.01. The number of rotatable bonds is 2. The summed E-state index contributed by atoms with van der Waals surface area (Å²) in [5.41, 5.74) is 6.32. The Morgan fingerprint density at radius 3 is 2.80 bits per heavy atom. The van der Waals surface area contributed by atoms with E-state index in [4.69, 9.17) is 5.73 Å². The van der Waals surface area contributed by atoms with Crippen LogP contribution in [0.1, 0.15) is 37.5 Å². The molecule has 2 rings (SSSR count). The summed E-state index contributed by atoms with van der Waals surface area (Å²) in [5.74, 6) is 2.58. The summed E-state index contributed by atoms with van der Waals surface area (Å²) >= 11 is 1.98. The molecule has 0 amide bonds. The fraction of sp³-hybridized carbons (Fsp3) is 0.700. The first-order valence-corrected chi connectivity index (χ1v) is 6.45. The van der Waals surface area contributed by atoms with E-state index in [-0.39, 0.29) is 11.8 Å². The van der Waals surface area contributed by atoms with Gasteiger partial charge < -0.3 is 10.8 Å². The van der Waals surface area contributed by atoms with Gasteiger partial charge in [0.15, 0.2) is 5.75 Å². The van der Waals surface area contributed by atoms with Crippen LogP contribution in [0.4, 0.5) is 0 Å². The number of aromatic nitrogens is 2. The summed E-state index contributed by atoms with van der Waals surface area (Å²) in [6.45, 7) is 1.84. The van der Waals surface area contributed by atoms with Crippen LogP contribution in [0.3, 0.4) is 0 Å². The van der Waals surface area contributed by atoms with E-state index in [1.165, 1.54) is 11.5 Å². The Kier molecular flexibility index (Phi) is 3.21. The molecule has 0 spiro atoms. The van der Waals surface area contributed by atoms with Gasteiger partial charge in [0, 0.05) is 6.04 Å². The summed E-state index contributed by atoms with van der Waals surface area (Å²) < 4.78 is 1.88. The number of hydrogen-bond donors (Lipinski definition) is 2. The van der Waals surface area contributed by atoms with E-state index in [1.807, 2.05) is 23.4 Å². The van der Waals surface area contributed by atoms with E-state index in [9.17, 15) is 5.11 Å². The van der Waals surface area contributed by atoms with Crippen LogP contribution in [0.15, 0.2) is 6.20 Å².